The molecule has 0 aliphatic carbocycles. The van der Waals surface area contributed by atoms with Gasteiger partial charge >= 0.3 is 0 Å². The highest BCUT2D eigenvalue weighted by Crippen LogP contribution is 2.30. The number of fused-ring (bicyclic) bond motifs is 1. The number of halogens is 1. The van der Waals surface area contributed by atoms with E-state index in [1.165, 1.54) is 15.6 Å². The summed E-state index contributed by atoms with van der Waals surface area (Å²) in [4.78, 5) is 3.28. The van der Waals surface area contributed by atoms with E-state index in [0.717, 1.165) is 49.4 Å². The van der Waals surface area contributed by atoms with Crippen LogP contribution in [-0.2, 0) is 22.0 Å². The first-order chi connectivity index (χ1) is 15.1. The lowest BCUT2D eigenvalue weighted by molar-refractivity contribution is -0.0711. The summed E-state index contributed by atoms with van der Waals surface area (Å²) in [6.07, 6.45) is 2.60. The molecular weight excluding hydrogens is 429 g/mol. The maximum Gasteiger partial charge on any atom is 0.113 e. The van der Waals surface area contributed by atoms with E-state index < -0.39 is 23.1 Å². The third-order valence-electron chi connectivity index (χ3n) is 6.19. The molecule has 4 rings (SSSR count). The van der Waals surface area contributed by atoms with Crippen LogP contribution in [-0.4, -0.2) is 53.4 Å². The second kappa shape index (κ2) is 10.3. The Morgan fingerprint density at radius 1 is 1.13 bits per heavy atom. The Balaban J connectivity index is 1.36. The Morgan fingerprint density at radius 2 is 1.87 bits per heavy atom. The summed E-state index contributed by atoms with van der Waals surface area (Å²) in [6.45, 7) is 4.37. The zero-order chi connectivity index (χ0) is 21.7. The number of rotatable bonds is 9. The van der Waals surface area contributed by atoms with E-state index in [-0.39, 0.29) is 6.61 Å². The number of benzene rings is 2. The van der Waals surface area contributed by atoms with Crippen molar-refractivity contribution in [1.29, 1.82) is 0 Å². The zero-order valence-corrected chi connectivity index (χ0v) is 19.7. The standard InChI is InChI=1S/C25H30FNO2S2/c1-20-6-8-22(9-7-20)31(28)19-25(29-17-13-26)11-15-27(16-12-25)14-10-21-18-30-24-5-3-2-4-23(21)24/h2-9,18H,10-17,19H2,1H3. The van der Waals surface area contributed by atoms with Gasteiger partial charge in [-0.1, -0.05) is 35.9 Å². The Morgan fingerprint density at radius 3 is 2.61 bits per heavy atom. The minimum atomic E-state index is -1.15. The van der Waals surface area contributed by atoms with E-state index in [1.807, 2.05) is 42.5 Å². The third kappa shape index (κ3) is 5.61. The zero-order valence-electron chi connectivity index (χ0n) is 18.0. The molecule has 3 aromatic rings. The molecule has 31 heavy (non-hydrogen) atoms. The molecule has 1 aromatic heterocycles. The number of likely N-dealkylation sites (tertiary alicyclic amines) is 1. The van der Waals surface area contributed by atoms with Crippen LogP contribution in [0.3, 0.4) is 0 Å². The summed E-state index contributed by atoms with van der Waals surface area (Å²) in [5, 5.41) is 3.63. The van der Waals surface area contributed by atoms with Crippen molar-refractivity contribution >= 4 is 32.2 Å². The monoisotopic (exact) mass is 459 g/mol. The predicted molar refractivity (Wildman–Crippen MR) is 128 cm³/mol. The van der Waals surface area contributed by atoms with Gasteiger partial charge < -0.3 is 9.64 Å². The SMILES string of the molecule is Cc1ccc(S(=O)CC2(OCCF)CCN(CCc3csc4ccccc34)CC2)cc1. The van der Waals surface area contributed by atoms with Gasteiger partial charge in [-0.05, 0) is 60.7 Å². The van der Waals surface area contributed by atoms with E-state index in [2.05, 4.69) is 34.5 Å². The van der Waals surface area contributed by atoms with E-state index in [0.29, 0.717) is 5.75 Å². The molecule has 0 bridgehead atoms. The average molecular weight is 460 g/mol. The van der Waals surface area contributed by atoms with Gasteiger partial charge in [-0.3, -0.25) is 4.21 Å². The first kappa shape index (κ1) is 22.6. The summed E-state index contributed by atoms with van der Waals surface area (Å²) < 4.78 is 33.2. The molecule has 3 nitrogen and oxygen atoms in total. The molecule has 1 atom stereocenters. The van der Waals surface area contributed by atoms with Crippen LogP contribution >= 0.6 is 11.3 Å². The molecule has 0 spiro atoms. The lowest BCUT2D eigenvalue weighted by atomic mass is 9.92. The van der Waals surface area contributed by atoms with Crippen molar-refractivity contribution in [2.45, 2.75) is 36.7 Å². The maximum atomic E-state index is 13.0. The van der Waals surface area contributed by atoms with Crippen molar-refractivity contribution in [3.63, 3.8) is 0 Å². The predicted octanol–water partition coefficient (Wildman–Crippen LogP) is 5.38. The van der Waals surface area contributed by atoms with Crippen molar-refractivity contribution in [3.05, 3.63) is 65.0 Å². The van der Waals surface area contributed by atoms with Crippen LogP contribution in [0.5, 0.6) is 0 Å². The first-order valence-corrected chi connectivity index (χ1v) is 13.1. The molecule has 2 heterocycles. The molecule has 2 aromatic carbocycles. The molecule has 1 unspecified atom stereocenters. The van der Waals surface area contributed by atoms with Crippen molar-refractivity contribution in [2.24, 2.45) is 0 Å². The van der Waals surface area contributed by atoms with Gasteiger partial charge in [-0.15, -0.1) is 11.3 Å². The molecule has 0 radical (unpaired) electrons. The topological polar surface area (TPSA) is 29.5 Å². The summed E-state index contributed by atoms with van der Waals surface area (Å²) in [5.41, 5.74) is 2.05. The quantitative estimate of drug-likeness (QED) is 0.430. The summed E-state index contributed by atoms with van der Waals surface area (Å²) in [7, 11) is -1.15. The number of hydrogen-bond donors (Lipinski definition) is 0. The van der Waals surface area contributed by atoms with Crippen molar-refractivity contribution in [2.75, 3.05) is 38.7 Å². The molecule has 1 saturated heterocycles. The highest BCUT2D eigenvalue weighted by atomic mass is 32.2. The van der Waals surface area contributed by atoms with E-state index >= 15 is 0 Å². The molecule has 0 saturated carbocycles. The summed E-state index contributed by atoms with van der Waals surface area (Å²) in [6, 6.07) is 16.4. The van der Waals surface area contributed by atoms with E-state index in [1.54, 1.807) is 0 Å². The third-order valence-corrected chi connectivity index (χ3v) is 8.79. The normalized spacial score (nSPS) is 17.7. The summed E-state index contributed by atoms with van der Waals surface area (Å²) >= 11 is 1.81. The van der Waals surface area contributed by atoms with Gasteiger partial charge in [0.15, 0.2) is 0 Å². The van der Waals surface area contributed by atoms with Crippen LogP contribution in [0.15, 0.2) is 58.8 Å². The molecule has 1 aliphatic rings. The Hall–Kier alpha value is -1.60. The maximum absolute atomic E-state index is 13.0. The smallest absolute Gasteiger partial charge is 0.113 e. The van der Waals surface area contributed by atoms with Crippen molar-refractivity contribution in [3.8, 4) is 0 Å². The second-order valence-corrected chi connectivity index (χ2v) is 10.7. The van der Waals surface area contributed by atoms with Crippen LogP contribution in [0.1, 0.15) is 24.0 Å². The lowest BCUT2D eigenvalue weighted by Crippen LogP contribution is -2.50. The fraction of sp³-hybridized carbons (Fsp3) is 0.440. The van der Waals surface area contributed by atoms with Gasteiger partial charge in [-0.25, -0.2) is 4.39 Å². The van der Waals surface area contributed by atoms with Crippen molar-refractivity contribution in [1.82, 2.24) is 4.90 Å². The number of nitrogens with zero attached hydrogens (tertiary/aromatic N) is 1. The molecule has 0 N–H and O–H groups in total. The van der Waals surface area contributed by atoms with E-state index in [9.17, 15) is 8.60 Å². The summed E-state index contributed by atoms with van der Waals surface area (Å²) in [5.74, 6) is 0.430. The largest absolute Gasteiger partial charge is 0.371 e. The highest BCUT2D eigenvalue weighted by Gasteiger charge is 2.37. The average Bonchev–Trinajstić information content (AvgIpc) is 3.21. The minimum Gasteiger partial charge on any atom is -0.371 e. The fourth-order valence-corrected chi connectivity index (χ4v) is 6.74. The second-order valence-electron chi connectivity index (χ2n) is 8.37. The lowest BCUT2D eigenvalue weighted by Gasteiger charge is -2.41. The minimum absolute atomic E-state index is 0.0754. The number of hydrogen-bond acceptors (Lipinski definition) is 4. The number of aryl methyl sites for hydroxylation is 1. The van der Waals surface area contributed by atoms with Crippen LogP contribution in [0, 0.1) is 6.92 Å². The Kier molecular flexibility index (Phi) is 7.54. The van der Waals surface area contributed by atoms with Crippen LogP contribution in [0.25, 0.3) is 10.1 Å². The fourth-order valence-electron chi connectivity index (χ4n) is 4.29. The van der Waals surface area contributed by atoms with Crippen LogP contribution < -0.4 is 0 Å². The Labute approximate surface area is 190 Å². The molecule has 166 valence electrons. The molecule has 6 heteroatoms. The first-order valence-electron chi connectivity index (χ1n) is 10.9. The van der Waals surface area contributed by atoms with Gasteiger partial charge in [0.25, 0.3) is 0 Å². The van der Waals surface area contributed by atoms with E-state index in [4.69, 9.17) is 4.74 Å². The van der Waals surface area contributed by atoms with Crippen LogP contribution in [0.4, 0.5) is 4.39 Å². The Bertz CT molecular complexity index is 1010. The molecule has 0 amide bonds. The molecule has 1 fully saturated rings. The van der Waals surface area contributed by atoms with Gasteiger partial charge in [0.1, 0.15) is 6.67 Å². The van der Waals surface area contributed by atoms with Crippen LogP contribution in [0.2, 0.25) is 0 Å². The number of ether oxygens (including phenoxy) is 1. The number of piperidine rings is 1. The van der Waals surface area contributed by atoms with Crippen molar-refractivity contribution < 1.29 is 13.3 Å². The molecular formula is C25H30FNO2S2. The van der Waals surface area contributed by atoms with Gasteiger partial charge in [-0.2, -0.15) is 0 Å². The van der Waals surface area contributed by atoms with Gasteiger partial charge in [0, 0.05) is 29.2 Å². The van der Waals surface area contributed by atoms with Gasteiger partial charge in [0.05, 0.1) is 28.8 Å². The highest BCUT2D eigenvalue weighted by molar-refractivity contribution is 7.85. The number of alkyl halides is 1. The number of thiophene rings is 1. The van der Waals surface area contributed by atoms with Gasteiger partial charge in [0.2, 0.25) is 0 Å². The molecule has 1 aliphatic heterocycles.